The van der Waals surface area contributed by atoms with Gasteiger partial charge in [0.05, 0.1) is 7.11 Å². The van der Waals surface area contributed by atoms with E-state index in [2.05, 4.69) is 4.74 Å². The number of fused-ring (bicyclic) bond motifs is 3. The predicted molar refractivity (Wildman–Crippen MR) is 71.1 cm³/mol. The summed E-state index contributed by atoms with van der Waals surface area (Å²) in [5.74, 6) is -2.27. The maximum Gasteiger partial charge on any atom is 0.305 e. The summed E-state index contributed by atoms with van der Waals surface area (Å²) < 4.78 is 66.9. The molecule has 0 bridgehead atoms. The molecule has 0 spiro atoms. The van der Waals surface area contributed by atoms with E-state index in [0.717, 1.165) is 6.07 Å². The molecule has 0 radical (unpaired) electrons. The molecule has 0 aliphatic carbocycles. The molecule has 0 aliphatic rings. The summed E-state index contributed by atoms with van der Waals surface area (Å²) in [7, 11) is 1.29. The molecule has 0 saturated heterocycles. The summed E-state index contributed by atoms with van der Waals surface area (Å²) in [6, 6.07) is 5.46. The highest BCUT2D eigenvalue weighted by Gasteiger charge is 2.19. The van der Waals surface area contributed by atoms with Gasteiger partial charge in [0.1, 0.15) is 0 Å². The third kappa shape index (κ3) is 2.14. The summed E-state index contributed by atoms with van der Waals surface area (Å²) >= 11 is 0. The Morgan fingerprint density at radius 1 is 0.955 bits per heavy atom. The van der Waals surface area contributed by atoms with E-state index in [1.165, 1.54) is 25.3 Å². The first-order valence-electron chi connectivity index (χ1n) is 6.08. The monoisotopic (exact) mass is 312 g/mol. The maximum absolute atomic E-state index is 14.2. The molecular weight excluding hydrogens is 304 g/mol. The lowest BCUT2D eigenvalue weighted by Gasteiger charge is -2.01. The zero-order valence-electron chi connectivity index (χ0n) is 11.1. The molecule has 0 amide bonds. The fourth-order valence-corrected chi connectivity index (χ4v) is 2.16. The van der Waals surface area contributed by atoms with Crippen molar-refractivity contribution in [3.05, 3.63) is 48.2 Å². The minimum Gasteiger partial charge on any atom is -0.494 e. The zero-order valence-corrected chi connectivity index (χ0v) is 11.1. The largest absolute Gasteiger partial charge is 0.494 e. The van der Waals surface area contributed by atoms with Gasteiger partial charge >= 0.3 is 6.08 Å². The van der Waals surface area contributed by atoms with Gasteiger partial charge in [-0.15, -0.1) is 0 Å². The van der Waals surface area contributed by atoms with Crippen LogP contribution in [0.2, 0.25) is 0 Å². The van der Waals surface area contributed by atoms with Crippen LogP contribution in [0.15, 0.2) is 41.0 Å². The van der Waals surface area contributed by atoms with Crippen molar-refractivity contribution in [1.29, 1.82) is 0 Å². The number of halogens is 4. The van der Waals surface area contributed by atoms with Gasteiger partial charge in [-0.3, -0.25) is 0 Å². The Hall–Kier alpha value is -2.70. The molecule has 114 valence electrons. The SMILES string of the molecule is COc1ccc2c(oc3c(F)c(OC=C(F)F)ccc32)c1F. The number of benzene rings is 2. The lowest BCUT2D eigenvalue weighted by Crippen LogP contribution is -1.87. The summed E-state index contributed by atoms with van der Waals surface area (Å²) in [6.07, 6.45) is -2.00. The van der Waals surface area contributed by atoms with Gasteiger partial charge in [-0.1, -0.05) is 0 Å². The first-order chi connectivity index (χ1) is 10.5. The smallest absolute Gasteiger partial charge is 0.305 e. The Morgan fingerprint density at radius 2 is 1.50 bits per heavy atom. The van der Waals surface area contributed by atoms with E-state index in [4.69, 9.17) is 9.15 Å². The fraction of sp³-hybridized carbons (Fsp3) is 0.0667. The number of furan rings is 1. The van der Waals surface area contributed by atoms with E-state index in [-0.39, 0.29) is 23.2 Å². The van der Waals surface area contributed by atoms with Crippen LogP contribution in [0.1, 0.15) is 0 Å². The number of rotatable bonds is 3. The highest BCUT2D eigenvalue weighted by molar-refractivity contribution is 6.06. The molecular formula is C15H8F4O3. The van der Waals surface area contributed by atoms with Crippen LogP contribution in [0.3, 0.4) is 0 Å². The number of hydrogen-bond acceptors (Lipinski definition) is 3. The van der Waals surface area contributed by atoms with Crippen molar-refractivity contribution in [3.8, 4) is 11.5 Å². The second-order valence-electron chi connectivity index (χ2n) is 4.34. The number of hydrogen-bond donors (Lipinski definition) is 0. The highest BCUT2D eigenvalue weighted by Crippen LogP contribution is 2.37. The molecule has 0 N–H and O–H groups in total. The van der Waals surface area contributed by atoms with Crippen molar-refractivity contribution in [2.45, 2.75) is 0 Å². The van der Waals surface area contributed by atoms with Gasteiger partial charge in [-0.05, 0) is 24.3 Å². The van der Waals surface area contributed by atoms with Crippen LogP contribution >= 0.6 is 0 Å². The van der Waals surface area contributed by atoms with Gasteiger partial charge in [0, 0.05) is 10.8 Å². The standard InChI is InChI=1S/C15H8F4O3/c1-20-9-4-2-7-8-3-5-10(21-6-11(16)17)13(19)15(8)22-14(7)12(9)18/h2-6H,1H3. The van der Waals surface area contributed by atoms with Crippen LogP contribution in [0.4, 0.5) is 17.6 Å². The van der Waals surface area contributed by atoms with E-state index in [9.17, 15) is 17.6 Å². The molecule has 0 fully saturated rings. The van der Waals surface area contributed by atoms with Crippen LogP contribution in [0, 0.1) is 11.6 Å². The van der Waals surface area contributed by atoms with E-state index in [0.29, 0.717) is 10.8 Å². The first kappa shape index (κ1) is 14.2. The van der Waals surface area contributed by atoms with Gasteiger partial charge in [0.15, 0.2) is 28.9 Å². The number of methoxy groups -OCH3 is 1. The summed E-state index contributed by atoms with van der Waals surface area (Å²) in [5.41, 5.74) is -0.468. The molecule has 7 heteroatoms. The minimum absolute atomic E-state index is 0.0501. The fourth-order valence-electron chi connectivity index (χ4n) is 2.16. The lowest BCUT2D eigenvalue weighted by molar-refractivity contribution is 0.356. The summed E-state index contributed by atoms with van der Waals surface area (Å²) in [6.45, 7) is 0. The Labute approximate surface area is 121 Å². The van der Waals surface area contributed by atoms with Crippen molar-refractivity contribution in [2.75, 3.05) is 7.11 Å². The second-order valence-corrected chi connectivity index (χ2v) is 4.34. The maximum atomic E-state index is 14.2. The summed E-state index contributed by atoms with van der Waals surface area (Å²) in [5, 5.41) is 0.636. The third-order valence-corrected chi connectivity index (χ3v) is 3.11. The Bertz CT molecular complexity index is 895. The zero-order chi connectivity index (χ0) is 15.9. The summed E-state index contributed by atoms with van der Waals surface area (Å²) in [4.78, 5) is 0. The van der Waals surface area contributed by atoms with Crippen molar-refractivity contribution in [1.82, 2.24) is 0 Å². The van der Waals surface area contributed by atoms with Crippen molar-refractivity contribution < 1.29 is 31.5 Å². The molecule has 3 aromatic rings. The van der Waals surface area contributed by atoms with Crippen molar-refractivity contribution in [3.63, 3.8) is 0 Å². The second kappa shape index (κ2) is 5.25. The van der Waals surface area contributed by atoms with Crippen LogP contribution < -0.4 is 9.47 Å². The van der Waals surface area contributed by atoms with Gasteiger partial charge in [0.25, 0.3) is 0 Å². The number of ether oxygens (including phenoxy) is 2. The Morgan fingerprint density at radius 3 is 2.05 bits per heavy atom. The normalized spacial score (nSPS) is 11.0. The molecule has 1 aromatic heterocycles. The minimum atomic E-state index is -2.11. The molecule has 3 rings (SSSR count). The molecule has 2 aromatic carbocycles. The van der Waals surface area contributed by atoms with Crippen LogP contribution in [-0.4, -0.2) is 7.11 Å². The third-order valence-electron chi connectivity index (χ3n) is 3.11. The average molecular weight is 312 g/mol. The van der Waals surface area contributed by atoms with Gasteiger partial charge in [-0.2, -0.15) is 17.6 Å². The molecule has 0 aliphatic heterocycles. The molecule has 0 unspecified atom stereocenters. The molecule has 0 atom stereocenters. The predicted octanol–water partition coefficient (Wildman–Crippen LogP) is 4.99. The van der Waals surface area contributed by atoms with Gasteiger partial charge in [-0.25, -0.2) is 0 Å². The van der Waals surface area contributed by atoms with Crippen LogP contribution in [-0.2, 0) is 0 Å². The molecule has 0 saturated carbocycles. The topological polar surface area (TPSA) is 31.6 Å². The Kier molecular flexibility index (Phi) is 3.40. The molecule has 3 nitrogen and oxygen atoms in total. The van der Waals surface area contributed by atoms with Gasteiger partial charge in [0.2, 0.25) is 11.6 Å². The molecule has 1 heterocycles. The average Bonchev–Trinajstić information content (AvgIpc) is 2.87. The van der Waals surface area contributed by atoms with Crippen LogP contribution in [0.5, 0.6) is 11.5 Å². The lowest BCUT2D eigenvalue weighted by atomic mass is 10.1. The van der Waals surface area contributed by atoms with Crippen molar-refractivity contribution in [2.24, 2.45) is 0 Å². The Balaban J connectivity index is 2.25. The first-order valence-corrected chi connectivity index (χ1v) is 6.08. The van der Waals surface area contributed by atoms with E-state index < -0.39 is 23.5 Å². The van der Waals surface area contributed by atoms with E-state index in [1.807, 2.05) is 0 Å². The van der Waals surface area contributed by atoms with Crippen molar-refractivity contribution >= 4 is 21.9 Å². The van der Waals surface area contributed by atoms with E-state index >= 15 is 0 Å². The van der Waals surface area contributed by atoms with Crippen LogP contribution in [0.25, 0.3) is 21.9 Å². The highest BCUT2D eigenvalue weighted by atomic mass is 19.3. The van der Waals surface area contributed by atoms with Gasteiger partial charge < -0.3 is 13.9 Å². The quantitative estimate of drug-likeness (QED) is 0.504. The molecule has 22 heavy (non-hydrogen) atoms. The van der Waals surface area contributed by atoms with E-state index in [1.54, 1.807) is 0 Å².